The van der Waals surface area contributed by atoms with Gasteiger partial charge in [0.2, 0.25) is 5.96 Å². The molecule has 30 heavy (non-hydrogen) atoms. The quantitative estimate of drug-likeness (QED) is 0.398. The number of aromatic nitrogens is 2. The van der Waals surface area contributed by atoms with Crippen molar-refractivity contribution < 1.29 is 13.2 Å². The van der Waals surface area contributed by atoms with Crippen LogP contribution in [0.1, 0.15) is 16.1 Å². The number of benzene rings is 2. The normalized spacial score (nSPS) is 11.9. The number of imidazole rings is 1. The molecule has 0 aliphatic carbocycles. The molecule has 1 aromatic heterocycles. The van der Waals surface area contributed by atoms with Crippen molar-refractivity contribution in [2.24, 2.45) is 4.99 Å². The number of halogens is 1. The van der Waals surface area contributed by atoms with Crippen molar-refractivity contribution in [2.75, 3.05) is 18.1 Å². The van der Waals surface area contributed by atoms with Crippen LogP contribution < -0.4 is 10.6 Å². The van der Waals surface area contributed by atoms with Gasteiger partial charge < -0.3 is 10.3 Å². The number of rotatable bonds is 6. The highest BCUT2D eigenvalue weighted by Gasteiger charge is 2.12. The first-order valence-corrected chi connectivity index (χ1v) is 11.2. The fourth-order valence-corrected chi connectivity index (χ4v) is 3.43. The average Bonchev–Trinajstić information content (AvgIpc) is 3.21. The lowest BCUT2D eigenvalue weighted by Gasteiger charge is -2.13. The number of aliphatic imine (C=N–C) groups is 1. The second-order valence-corrected chi connectivity index (χ2v) is 8.90. The molecule has 0 radical (unpaired) electrons. The van der Waals surface area contributed by atoms with Crippen LogP contribution >= 0.6 is 11.6 Å². The Kier molecular flexibility index (Phi) is 6.86. The summed E-state index contributed by atoms with van der Waals surface area (Å²) in [5.41, 5.74) is 1.75. The molecular weight excluding hydrogens is 426 g/mol. The standard InChI is InChI=1S/C20H20ClN5O3S/c1-30(28,29)18-7-3-6-16(11-18)25-20(23-9-8-17-12-22-13-24-17)26-19(27)14-4-2-5-15(21)10-14/h2-7,10-13H,8-9H2,1H3,(H,22,24)(H2,23,25,26,27). The van der Waals surface area contributed by atoms with Gasteiger partial charge in [-0.15, -0.1) is 0 Å². The minimum Gasteiger partial charge on any atom is -0.348 e. The van der Waals surface area contributed by atoms with Gasteiger partial charge in [-0.05, 0) is 36.4 Å². The predicted octanol–water partition coefficient (Wildman–Crippen LogP) is 2.91. The number of nitrogens with zero attached hydrogens (tertiary/aromatic N) is 2. The van der Waals surface area contributed by atoms with Crippen molar-refractivity contribution in [3.8, 4) is 0 Å². The van der Waals surface area contributed by atoms with E-state index >= 15 is 0 Å². The Bertz CT molecular complexity index is 1160. The lowest BCUT2D eigenvalue weighted by molar-refractivity contribution is 0.0977. The zero-order valence-corrected chi connectivity index (χ0v) is 17.7. The fourth-order valence-electron chi connectivity index (χ4n) is 2.57. The van der Waals surface area contributed by atoms with Gasteiger partial charge in [-0.1, -0.05) is 23.7 Å². The van der Waals surface area contributed by atoms with Gasteiger partial charge in [-0.3, -0.25) is 15.1 Å². The van der Waals surface area contributed by atoms with Crippen LogP contribution in [-0.2, 0) is 16.3 Å². The summed E-state index contributed by atoms with van der Waals surface area (Å²) in [5.74, 6) is -0.213. The molecule has 0 bridgehead atoms. The summed E-state index contributed by atoms with van der Waals surface area (Å²) in [4.78, 5) is 24.1. The van der Waals surface area contributed by atoms with E-state index in [4.69, 9.17) is 11.6 Å². The van der Waals surface area contributed by atoms with Gasteiger partial charge in [0.1, 0.15) is 0 Å². The van der Waals surface area contributed by atoms with Gasteiger partial charge in [-0.2, -0.15) is 0 Å². The van der Waals surface area contributed by atoms with E-state index in [-0.39, 0.29) is 10.9 Å². The van der Waals surface area contributed by atoms with E-state index in [0.29, 0.717) is 29.2 Å². The third-order valence-corrected chi connectivity index (χ3v) is 5.39. The lowest BCUT2D eigenvalue weighted by Crippen LogP contribution is -2.36. The number of carbonyl (C=O) groups is 1. The van der Waals surface area contributed by atoms with Crippen LogP contribution in [0.5, 0.6) is 0 Å². The van der Waals surface area contributed by atoms with E-state index in [2.05, 4.69) is 25.6 Å². The van der Waals surface area contributed by atoms with Crippen LogP contribution in [0.25, 0.3) is 0 Å². The Balaban J connectivity index is 1.80. The molecule has 3 rings (SSSR count). The van der Waals surface area contributed by atoms with E-state index < -0.39 is 15.7 Å². The molecule has 1 amide bonds. The van der Waals surface area contributed by atoms with Crippen LogP contribution in [0.15, 0.2) is 70.9 Å². The van der Waals surface area contributed by atoms with Crippen molar-refractivity contribution in [3.05, 3.63) is 77.3 Å². The molecule has 1 heterocycles. The van der Waals surface area contributed by atoms with Crippen molar-refractivity contribution in [1.82, 2.24) is 15.3 Å². The number of aromatic amines is 1. The van der Waals surface area contributed by atoms with Gasteiger partial charge in [0.25, 0.3) is 5.91 Å². The topological polar surface area (TPSA) is 116 Å². The Morgan fingerprint density at radius 2 is 2.00 bits per heavy atom. The summed E-state index contributed by atoms with van der Waals surface area (Å²) in [6.07, 6.45) is 4.99. The average molecular weight is 446 g/mol. The molecule has 3 aromatic rings. The predicted molar refractivity (Wildman–Crippen MR) is 117 cm³/mol. The molecule has 0 saturated heterocycles. The number of sulfone groups is 1. The first kappa shape index (κ1) is 21.5. The number of anilines is 1. The summed E-state index contributed by atoms with van der Waals surface area (Å²) < 4.78 is 23.6. The zero-order chi connectivity index (χ0) is 21.6. The van der Waals surface area contributed by atoms with Gasteiger partial charge in [0, 0.05) is 47.4 Å². The molecule has 0 saturated carbocycles. The number of amides is 1. The maximum absolute atomic E-state index is 12.6. The smallest absolute Gasteiger partial charge is 0.258 e. The Morgan fingerprint density at radius 1 is 1.20 bits per heavy atom. The van der Waals surface area contributed by atoms with Crippen molar-refractivity contribution in [2.45, 2.75) is 11.3 Å². The number of H-pyrrole nitrogens is 1. The van der Waals surface area contributed by atoms with Gasteiger partial charge in [0.05, 0.1) is 11.2 Å². The highest BCUT2D eigenvalue weighted by Crippen LogP contribution is 2.15. The molecule has 10 heteroatoms. The van der Waals surface area contributed by atoms with Gasteiger partial charge in [0.15, 0.2) is 9.84 Å². The summed E-state index contributed by atoms with van der Waals surface area (Å²) in [6, 6.07) is 12.8. The second-order valence-electron chi connectivity index (χ2n) is 6.45. The van der Waals surface area contributed by atoms with Crippen LogP contribution in [0.2, 0.25) is 5.02 Å². The zero-order valence-electron chi connectivity index (χ0n) is 16.1. The van der Waals surface area contributed by atoms with Crippen molar-refractivity contribution in [1.29, 1.82) is 0 Å². The van der Waals surface area contributed by atoms with Gasteiger partial charge >= 0.3 is 0 Å². The molecule has 2 aromatic carbocycles. The van der Waals surface area contributed by atoms with E-state index in [0.717, 1.165) is 11.9 Å². The third-order valence-electron chi connectivity index (χ3n) is 4.05. The molecule has 0 aliphatic heterocycles. The Morgan fingerprint density at radius 3 is 2.70 bits per heavy atom. The molecule has 0 spiro atoms. The highest BCUT2D eigenvalue weighted by atomic mass is 35.5. The van der Waals surface area contributed by atoms with E-state index in [9.17, 15) is 13.2 Å². The lowest BCUT2D eigenvalue weighted by atomic mass is 10.2. The molecule has 3 N–H and O–H groups in total. The van der Waals surface area contributed by atoms with E-state index in [1.807, 2.05) is 0 Å². The SMILES string of the molecule is CS(=O)(=O)c1cccc(NC(=NCCc2cnc[nH]2)NC(=O)c2cccc(Cl)c2)c1. The van der Waals surface area contributed by atoms with Crippen LogP contribution in [0.3, 0.4) is 0 Å². The van der Waals surface area contributed by atoms with Crippen molar-refractivity contribution in [3.63, 3.8) is 0 Å². The maximum Gasteiger partial charge on any atom is 0.258 e. The summed E-state index contributed by atoms with van der Waals surface area (Å²) in [7, 11) is -3.37. The first-order valence-electron chi connectivity index (χ1n) is 8.97. The summed E-state index contributed by atoms with van der Waals surface area (Å²) >= 11 is 5.96. The highest BCUT2D eigenvalue weighted by molar-refractivity contribution is 7.90. The molecule has 8 nitrogen and oxygen atoms in total. The molecule has 0 atom stereocenters. The molecular formula is C20H20ClN5O3S. The first-order chi connectivity index (χ1) is 14.3. The molecule has 0 unspecified atom stereocenters. The summed E-state index contributed by atoms with van der Waals surface area (Å²) in [6.45, 7) is 0.367. The second kappa shape index (κ2) is 9.55. The van der Waals surface area contributed by atoms with Gasteiger partial charge in [-0.25, -0.2) is 13.4 Å². The fraction of sp³-hybridized carbons (Fsp3) is 0.150. The molecule has 0 fully saturated rings. The number of carbonyl (C=O) groups excluding carboxylic acids is 1. The Labute approximate surface area is 179 Å². The Hall–Kier alpha value is -3.17. The number of nitrogens with one attached hydrogen (secondary N) is 3. The monoisotopic (exact) mass is 445 g/mol. The molecule has 156 valence electrons. The third kappa shape index (κ3) is 6.16. The maximum atomic E-state index is 12.6. The van der Waals surface area contributed by atoms with E-state index in [1.165, 1.54) is 12.1 Å². The minimum atomic E-state index is -3.37. The number of hydrogen-bond donors (Lipinski definition) is 3. The number of hydrogen-bond acceptors (Lipinski definition) is 5. The minimum absolute atomic E-state index is 0.158. The molecule has 0 aliphatic rings. The van der Waals surface area contributed by atoms with Crippen LogP contribution in [0.4, 0.5) is 5.69 Å². The largest absolute Gasteiger partial charge is 0.348 e. The van der Waals surface area contributed by atoms with E-state index in [1.54, 1.807) is 48.9 Å². The summed E-state index contributed by atoms with van der Waals surface area (Å²) in [5, 5.41) is 6.13. The van der Waals surface area contributed by atoms with Crippen molar-refractivity contribution >= 4 is 39.0 Å². The van der Waals surface area contributed by atoms with Crippen LogP contribution in [0, 0.1) is 0 Å². The van der Waals surface area contributed by atoms with Crippen LogP contribution in [-0.4, -0.2) is 43.1 Å². The number of guanidine groups is 1.